The number of nitrogens with one attached hydrogen (secondary N) is 2. The predicted molar refractivity (Wildman–Crippen MR) is 28.3 cm³/mol. The van der Waals surface area contributed by atoms with Crippen molar-refractivity contribution < 1.29 is 4.79 Å². The number of carbonyl (C=O) groups excluding carboxylic acids is 1. The Hall–Kier alpha value is -0.570. The SMILES string of the molecule is O=C1NCC2CNC12. The number of fused-ring (bicyclic) bond motifs is 1. The van der Waals surface area contributed by atoms with Gasteiger partial charge in [-0.1, -0.05) is 0 Å². The molecule has 3 heteroatoms. The summed E-state index contributed by atoms with van der Waals surface area (Å²) in [5, 5.41) is 5.83. The summed E-state index contributed by atoms with van der Waals surface area (Å²) in [6, 6.07) is 0.162. The van der Waals surface area contributed by atoms with Crippen molar-refractivity contribution in [1.82, 2.24) is 10.6 Å². The third kappa shape index (κ3) is 0.351. The maximum atomic E-state index is 10.7. The molecule has 1 amide bonds. The largest absolute Gasteiger partial charge is 0.354 e. The van der Waals surface area contributed by atoms with Crippen molar-refractivity contribution >= 4 is 5.91 Å². The van der Waals surface area contributed by atoms with Gasteiger partial charge in [0.25, 0.3) is 0 Å². The van der Waals surface area contributed by atoms with Gasteiger partial charge in [-0.25, -0.2) is 0 Å². The van der Waals surface area contributed by atoms with Gasteiger partial charge in [-0.05, 0) is 0 Å². The Bertz CT molecular complexity index is 134. The van der Waals surface area contributed by atoms with Crippen LogP contribution < -0.4 is 10.6 Å². The highest BCUT2D eigenvalue weighted by molar-refractivity contribution is 5.85. The second-order valence-electron chi connectivity index (χ2n) is 2.39. The summed E-state index contributed by atoms with van der Waals surface area (Å²) < 4.78 is 0. The normalized spacial score (nSPS) is 42.8. The van der Waals surface area contributed by atoms with Crippen LogP contribution >= 0.6 is 0 Å². The lowest BCUT2D eigenvalue weighted by Crippen LogP contribution is -2.53. The van der Waals surface area contributed by atoms with Gasteiger partial charge in [0, 0.05) is 19.0 Å². The van der Waals surface area contributed by atoms with Gasteiger partial charge in [0.2, 0.25) is 5.91 Å². The predicted octanol–water partition coefficient (Wildman–Crippen LogP) is -1.30. The van der Waals surface area contributed by atoms with Crippen molar-refractivity contribution in [3.05, 3.63) is 0 Å². The zero-order chi connectivity index (χ0) is 5.56. The lowest BCUT2D eigenvalue weighted by atomic mass is 9.96. The molecule has 0 radical (unpaired) electrons. The van der Waals surface area contributed by atoms with Crippen molar-refractivity contribution in [3.8, 4) is 0 Å². The van der Waals surface area contributed by atoms with E-state index < -0.39 is 0 Å². The standard InChI is InChI=1S/C5H8N2O/c8-5-4-3(1-6-4)2-7-5/h3-4,6H,1-2H2,(H,7,8). The first-order valence-corrected chi connectivity index (χ1v) is 2.89. The summed E-state index contributed by atoms with van der Waals surface area (Å²) in [6.45, 7) is 1.90. The van der Waals surface area contributed by atoms with Crippen LogP contribution in [0.4, 0.5) is 0 Å². The summed E-state index contributed by atoms with van der Waals surface area (Å²) in [7, 11) is 0. The van der Waals surface area contributed by atoms with Crippen molar-refractivity contribution in [2.24, 2.45) is 5.92 Å². The van der Waals surface area contributed by atoms with E-state index in [1.807, 2.05) is 0 Å². The molecule has 0 spiro atoms. The zero-order valence-corrected chi connectivity index (χ0v) is 4.48. The van der Waals surface area contributed by atoms with E-state index in [9.17, 15) is 4.79 Å². The third-order valence-corrected chi connectivity index (χ3v) is 1.89. The quantitative estimate of drug-likeness (QED) is 0.409. The van der Waals surface area contributed by atoms with Crippen molar-refractivity contribution in [2.75, 3.05) is 13.1 Å². The van der Waals surface area contributed by atoms with Gasteiger partial charge in [0.1, 0.15) is 0 Å². The summed E-state index contributed by atoms with van der Waals surface area (Å²) in [5.41, 5.74) is 0. The Balaban J connectivity index is 2.15. The molecule has 2 aliphatic heterocycles. The minimum Gasteiger partial charge on any atom is -0.354 e. The molecule has 0 aromatic heterocycles. The van der Waals surface area contributed by atoms with Crippen LogP contribution in [-0.2, 0) is 4.79 Å². The van der Waals surface area contributed by atoms with Crippen LogP contribution in [-0.4, -0.2) is 25.0 Å². The maximum Gasteiger partial charge on any atom is 0.237 e. The van der Waals surface area contributed by atoms with Crippen LogP contribution in [0.1, 0.15) is 0 Å². The van der Waals surface area contributed by atoms with Crippen LogP contribution in [0.5, 0.6) is 0 Å². The Morgan fingerprint density at radius 3 is 2.62 bits per heavy atom. The first-order valence-electron chi connectivity index (χ1n) is 2.89. The highest BCUT2D eigenvalue weighted by Crippen LogP contribution is 2.16. The third-order valence-electron chi connectivity index (χ3n) is 1.89. The Kier molecular flexibility index (Phi) is 0.663. The minimum absolute atomic E-state index is 0.162. The number of amides is 1. The first-order chi connectivity index (χ1) is 3.88. The van der Waals surface area contributed by atoms with Crippen LogP contribution in [0.2, 0.25) is 0 Å². The second kappa shape index (κ2) is 1.23. The average Bonchev–Trinajstić information content (AvgIpc) is 1.80. The summed E-state index contributed by atoms with van der Waals surface area (Å²) in [5.74, 6) is 0.781. The van der Waals surface area contributed by atoms with Gasteiger partial charge in [0.15, 0.2) is 0 Å². The van der Waals surface area contributed by atoms with Crippen LogP contribution in [0, 0.1) is 5.92 Å². The lowest BCUT2D eigenvalue weighted by molar-refractivity contribution is -0.122. The molecule has 2 aliphatic rings. The van der Waals surface area contributed by atoms with Gasteiger partial charge in [-0.3, -0.25) is 4.79 Å². The van der Waals surface area contributed by atoms with Crippen LogP contribution in [0.3, 0.4) is 0 Å². The zero-order valence-electron chi connectivity index (χ0n) is 4.48. The molecular weight excluding hydrogens is 104 g/mol. The molecule has 2 atom stereocenters. The van der Waals surface area contributed by atoms with E-state index in [-0.39, 0.29) is 11.9 Å². The molecule has 0 aliphatic carbocycles. The molecule has 2 unspecified atom stereocenters. The summed E-state index contributed by atoms with van der Waals surface area (Å²) in [4.78, 5) is 10.7. The van der Waals surface area contributed by atoms with Crippen molar-refractivity contribution in [1.29, 1.82) is 0 Å². The highest BCUT2D eigenvalue weighted by Gasteiger charge is 2.40. The molecule has 8 heavy (non-hydrogen) atoms. The van der Waals surface area contributed by atoms with Gasteiger partial charge >= 0.3 is 0 Å². The Labute approximate surface area is 47.4 Å². The van der Waals surface area contributed by atoms with Crippen LogP contribution in [0.25, 0.3) is 0 Å². The number of hydrogen-bond donors (Lipinski definition) is 2. The topological polar surface area (TPSA) is 41.1 Å². The molecule has 2 heterocycles. The maximum absolute atomic E-state index is 10.7. The molecule has 2 saturated heterocycles. The molecule has 2 N–H and O–H groups in total. The number of carbonyl (C=O) groups is 1. The average molecular weight is 112 g/mol. The van der Waals surface area contributed by atoms with Crippen LogP contribution in [0.15, 0.2) is 0 Å². The van der Waals surface area contributed by atoms with E-state index >= 15 is 0 Å². The summed E-state index contributed by atoms with van der Waals surface area (Å²) >= 11 is 0. The number of hydrogen-bond acceptors (Lipinski definition) is 2. The number of rotatable bonds is 0. The molecule has 0 bridgehead atoms. The fourth-order valence-corrected chi connectivity index (χ4v) is 1.24. The van der Waals surface area contributed by atoms with E-state index in [4.69, 9.17) is 0 Å². The molecule has 0 saturated carbocycles. The summed E-state index contributed by atoms with van der Waals surface area (Å²) in [6.07, 6.45) is 0. The Morgan fingerprint density at radius 2 is 2.38 bits per heavy atom. The highest BCUT2D eigenvalue weighted by atomic mass is 16.2. The van der Waals surface area contributed by atoms with Crippen molar-refractivity contribution in [3.63, 3.8) is 0 Å². The molecule has 44 valence electrons. The fraction of sp³-hybridized carbons (Fsp3) is 0.800. The van der Waals surface area contributed by atoms with E-state index in [1.165, 1.54) is 0 Å². The molecule has 3 nitrogen and oxygen atoms in total. The lowest BCUT2D eigenvalue weighted by Gasteiger charge is -2.28. The van der Waals surface area contributed by atoms with E-state index in [0.29, 0.717) is 5.92 Å². The molecule has 0 aromatic rings. The van der Waals surface area contributed by atoms with Gasteiger partial charge in [0.05, 0.1) is 6.04 Å². The van der Waals surface area contributed by atoms with Crippen molar-refractivity contribution in [2.45, 2.75) is 6.04 Å². The molecular formula is C5H8N2O. The van der Waals surface area contributed by atoms with Gasteiger partial charge in [-0.15, -0.1) is 0 Å². The van der Waals surface area contributed by atoms with E-state index in [0.717, 1.165) is 13.1 Å². The molecule has 0 aromatic carbocycles. The van der Waals surface area contributed by atoms with Gasteiger partial charge < -0.3 is 10.6 Å². The molecule has 2 rings (SSSR count). The smallest absolute Gasteiger partial charge is 0.237 e. The first kappa shape index (κ1) is 4.32. The minimum atomic E-state index is 0.162. The molecule has 2 fully saturated rings. The monoisotopic (exact) mass is 112 g/mol. The second-order valence-corrected chi connectivity index (χ2v) is 2.39. The Morgan fingerprint density at radius 1 is 1.50 bits per heavy atom. The van der Waals surface area contributed by atoms with E-state index in [1.54, 1.807) is 0 Å². The van der Waals surface area contributed by atoms with E-state index in [2.05, 4.69) is 10.6 Å². The fourth-order valence-electron chi connectivity index (χ4n) is 1.24. The van der Waals surface area contributed by atoms with Gasteiger partial charge in [-0.2, -0.15) is 0 Å².